The maximum Gasteiger partial charge on any atom is 0.0725 e. The molecule has 1 unspecified atom stereocenters. The van der Waals surface area contributed by atoms with E-state index >= 15 is 0 Å². The molecule has 74 valence electrons. The highest BCUT2D eigenvalue weighted by molar-refractivity contribution is 5.31. The molecule has 0 fully saturated rings. The summed E-state index contributed by atoms with van der Waals surface area (Å²) >= 11 is 0. The molecule has 0 saturated carbocycles. The van der Waals surface area contributed by atoms with Crippen molar-refractivity contribution in [3.8, 4) is 12.3 Å². The fourth-order valence-corrected chi connectivity index (χ4v) is 1.41. The van der Waals surface area contributed by atoms with Gasteiger partial charge in [-0.15, -0.1) is 6.42 Å². The van der Waals surface area contributed by atoms with Crippen LogP contribution in [0.3, 0.4) is 0 Å². The molecule has 1 heteroatoms. The van der Waals surface area contributed by atoms with E-state index in [0.717, 1.165) is 6.42 Å². The van der Waals surface area contributed by atoms with Crippen LogP contribution in [0.5, 0.6) is 0 Å². The van der Waals surface area contributed by atoms with Crippen molar-refractivity contribution in [2.75, 3.05) is 7.05 Å². The Bertz CT molecular complexity index is 347. The molecule has 0 aliphatic rings. The highest BCUT2D eigenvalue weighted by atomic mass is 14.8. The first kappa shape index (κ1) is 10.8. The largest absolute Gasteiger partial charge is 0.306 e. The lowest BCUT2D eigenvalue weighted by atomic mass is 10.0. The molecule has 1 N–H and O–H groups in total. The van der Waals surface area contributed by atoms with E-state index in [1.807, 2.05) is 7.05 Å². The minimum Gasteiger partial charge on any atom is -0.306 e. The van der Waals surface area contributed by atoms with Crippen LogP contribution in [0.25, 0.3) is 0 Å². The van der Waals surface area contributed by atoms with Gasteiger partial charge < -0.3 is 5.32 Å². The van der Waals surface area contributed by atoms with Crippen molar-refractivity contribution in [1.82, 2.24) is 5.32 Å². The van der Waals surface area contributed by atoms with Crippen molar-refractivity contribution in [2.45, 2.75) is 26.3 Å². The second-order valence-electron chi connectivity index (χ2n) is 3.63. The first-order valence-corrected chi connectivity index (χ1v) is 4.87. The van der Waals surface area contributed by atoms with Crippen LogP contribution in [0.2, 0.25) is 0 Å². The summed E-state index contributed by atoms with van der Waals surface area (Å²) in [5, 5.41) is 3.10. The van der Waals surface area contributed by atoms with Crippen molar-refractivity contribution in [3.05, 3.63) is 34.9 Å². The zero-order valence-electron chi connectivity index (χ0n) is 9.09. The van der Waals surface area contributed by atoms with Crippen molar-refractivity contribution in [1.29, 1.82) is 0 Å². The topological polar surface area (TPSA) is 12.0 Å². The van der Waals surface area contributed by atoms with Crippen LogP contribution >= 0.6 is 0 Å². The molecular formula is C13H17N. The fourth-order valence-electron chi connectivity index (χ4n) is 1.41. The van der Waals surface area contributed by atoms with Crippen molar-refractivity contribution >= 4 is 0 Å². The highest BCUT2D eigenvalue weighted by Gasteiger charge is 2.03. The van der Waals surface area contributed by atoms with Gasteiger partial charge in [-0.25, -0.2) is 0 Å². The number of nitrogens with one attached hydrogen (secondary N) is 1. The van der Waals surface area contributed by atoms with Crippen LogP contribution in [-0.2, 0) is 6.42 Å². The summed E-state index contributed by atoms with van der Waals surface area (Å²) in [5.41, 5.74) is 3.95. The molecule has 0 radical (unpaired) electrons. The molecule has 0 aliphatic carbocycles. The van der Waals surface area contributed by atoms with Gasteiger partial charge in [0.2, 0.25) is 0 Å². The molecule has 1 atom stereocenters. The Morgan fingerprint density at radius 1 is 1.36 bits per heavy atom. The van der Waals surface area contributed by atoms with Crippen molar-refractivity contribution in [3.63, 3.8) is 0 Å². The molecular weight excluding hydrogens is 170 g/mol. The van der Waals surface area contributed by atoms with Gasteiger partial charge in [-0.2, -0.15) is 0 Å². The van der Waals surface area contributed by atoms with E-state index in [0.29, 0.717) is 0 Å². The molecule has 0 bridgehead atoms. The van der Waals surface area contributed by atoms with E-state index in [1.54, 1.807) is 0 Å². The molecule has 0 amide bonds. The van der Waals surface area contributed by atoms with Gasteiger partial charge in [-0.1, -0.05) is 24.1 Å². The quantitative estimate of drug-likeness (QED) is 0.714. The Kier molecular flexibility index (Phi) is 3.73. The monoisotopic (exact) mass is 187 g/mol. The molecule has 0 saturated heterocycles. The van der Waals surface area contributed by atoms with Gasteiger partial charge in [0.1, 0.15) is 0 Å². The summed E-state index contributed by atoms with van der Waals surface area (Å²) in [6.07, 6.45) is 6.28. The van der Waals surface area contributed by atoms with E-state index in [1.165, 1.54) is 16.7 Å². The highest BCUT2D eigenvalue weighted by Crippen LogP contribution is 2.11. The third kappa shape index (κ3) is 2.61. The van der Waals surface area contributed by atoms with Gasteiger partial charge in [-0.3, -0.25) is 0 Å². The van der Waals surface area contributed by atoms with E-state index in [9.17, 15) is 0 Å². The van der Waals surface area contributed by atoms with Crippen LogP contribution in [0.1, 0.15) is 16.7 Å². The van der Waals surface area contributed by atoms with Crippen molar-refractivity contribution in [2.24, 2.45) is 0 Å². The molecule has 0 spiro atoms. The fraction of sp³-hybridized carbons (Fsp3) is 0.385. The molecule has 14 heavy (non-hydrogen) atoms. The van der Waals surface area contributed by atoms with E-state index in [4.69, 9.17) is 6.42 Å². The second kappa shape index (κ2) is 4.83. The third-order valence-electron chi connectivity index (χ3n) is 2.56. The van der Waals surface area contributed by atoms with Crippen LogP contribution in [0.15, 0.2) is 18.2 Å². The van der Waals surface area contributed by atoms with Gasteiger partial charge in [0.25, 0.3) is 0 Å². The smallest absolute Gasteiger partial charge is 0.0725 e. The SMILES string of the molecule is C#CC(Cc1ccc(C)c(C)c1)NC. The predicted molar refractivity (Wildman–Crippen MR) is 61.3 cm³/mol. The Morgan fingerprint density at radius 2 is 2.07 bits per heavy atom. The van der Waals surface area contributed by atoms with Gasteiger partial charge in [-0.05, 0) is 44.0 Å². The third-order valence-corrected chi connectivity index (χ3v) is 2.56. The number of aryl methyl sites for hydroxylation is 2. The Labute approximate surface area is 86.5 Å². The number of rotatable bonds is 3. The summed E-state index contributed by atoms with van der Waals surface area (Å²) in [4.78, 5) is 0. The number of benzene rings is 1. The maximum absolute atomic E-state index is 5.39. The van der Waals surface area contributed by atoms with E-state index in [2.05, 4.69) is 43.3 Å². The standard InChI is InChI=1S/C13H17N/c1-5-13(14-4)9-12-7-6-10(2)11(3)8-12/h1,6-8,13-14H,9H2,2-4H3. The molecule has 0 aromatic heterocycles. The number of terminal acetylenes is 1. The molecule has 1 aromatic rings. The zero-order chi connectivity index (χ0) is 10.6. The van der Waals surface area contributed by atoms with Gasteiger partial charge in [0.15, 0.2) is 0 Å². The first-order valence-electron chi connectivity index (χ1n) is 4.87. The van der Waals surface area contributed by atoms with E-state index < -0.39 is 0 Å². The van der Waals surface area contributed by atoms with Crippen LogP contribution in [0, 0.1) is 26.2 Å². The summed E-state index contributed by atoms with van der Waals surface area (Å²) in [6, 6.07) is 6.63. The number of hydrogen-bond donors (Lipinski definition) is 1. The Balaban J connectivity index is 2.78. The Hall–Kier alpha value is -1.26. The van der Waals surface area contributed by atoms with Crippen LogP contribution in [-0.4, -0.2) is 13.1 Å². The molecule has 1 nitrogen and oxygen atoms in total. The average molecular weight is 187 g/mol. The van der Waals surface area contributed by atoms with E-state index in [-0.39, 0.29) is 6.04 Å². The first-order chi connectivity index (χ1) is 6.67. The summed E-state index contributed by atoms with van der Waals surface area (Å²) in [5.74, 6) is 2.72. The Morgan fingerprint density at radius 3 is 2.57 bits per heavy atom. The minimum absolute atomic E-state index is 0.136. The lowest BCUT2D eigenvalue weighted by Crippen LogP contribution is -2.25. The zero-order valence-corrected chi connectivity index (χ0v) is 9.09. The second-order valence-corrected chi connectivity index (χ2v) is 3.63. The minimum atomic E-state index is 0.136. The van der Waals surface area contributed by atoms with Gasteiger partial charge in [0.05, 0.1) is 6.04 Å². The maximum atomic E-state index is 5.39. The predicted octanol–water partition coefficient (Wildman–Crippen LogP) is 2.07. The van der Waals surface area contributed by atoms with Crippen LogP contribution < -0.4 is 5.32 Å². The summed E-state index contributed by atoms with van der Waals surface area (Å²) in [6.45, 7) is 4.25. The number of likely N-dealkylation sites (N-methyl/N-ethyl adjacent to an activating group) is 1. The average Bonchev–Trinajstić information content (AvgIpc) is 2.19. The summed E-state index contributed by atoms with van der Waals surface area (Å²) < 4.78 is 0. The van der Waals surface area contributed by atoms with Crippen molar-refractivity contribution < 1.29 is 0 Å². The molecule has 1 aromatic carbocycles. The molecule has 0 aliphatic heterocycles. The van der Waals surface area contributed by atoms with Gasteiger partial charge in [0, 0.05) is 0 Å². The number of hydrogen-bond acceptors (Lipinski definition) is 1. The summed E-state index contributed by atoms with van der Waals surface area (Å²) in [7, 11) is 1.89. The normalized spacial score (nSPS) is 12.1. The van der Waals surface area contributed by atoms with Gasteiger partial charge >= 0.3 is 0 Å². The lowest BCUT2D eigenvalue weighted by Gasteiger charge is -2.10. The lowest BCUT2D eigenvalue weighted by molar-refractivity contribution is 0.683. The molecule has 1 rings (SSSR count). The molecule has 0 heterocycles. The van der Waals surface area contributed by atoms with Crippen LogP contribution in [0.4, 0.5) is 0 Å².